The average molecular weight is 555 g/mol. The number of hydrogen-bond acceptors (Lipinski definition) is 2. The summed E-state index contributed by atoms with van der Waals surface area (Å²) in [7, 11) is 0. The van der Waals surface area contributed by atoms with Crippen LogP contribution < -0.4 is 0 Å². The van der Waals surface area contributed by atoms with Crippen molar-refractivity contribution < 1.29 is 5.58 Å². The number of rotatable bonds is 12. The van der Waals surface area contributed by atoms with Crippen molar-refractivity contribution in [3.8, 4) is 0 Å². The molecule has 0 aromatic heterocycles. The Hall–Kier alpha value is 2.09. The van der Waals surface area contributed by atoms with Gasteiger partial charge >= 0.3 is 162 Å². The molecule has 0 saturated carbocycles. The third-order valence-electron chi connectivity index (χ3n) is 3.73. The van der Waals surface area contributed by atoms with E-state index in [0.29, 0.717) is 0 Å². The Labute approximate surface area is 160 Å². The van der Waals surface area contributed by atoms with Crippen LogP contribution in [-0.2, 0) is 5.58 Å². The van der Waals surface area contributed by atoms with E-state index in [4.69, 9.17) is 5.58 Å². The van der Waals surface area contributed by atoms with Gasteiger partial charge in [-0.15, -0.1) is 0 Å². The minimum absolute atomic E-state index is 0.965. The standard InChI is InChI=1S/2C8H20Ge2O/c2*1-5-9(6-2)11-10(7-3)8-4/h2*5-8H2,1-4H3. The van der Waals surface area contributed by atoms with Crippen LogP contribution in [0.15, 0.2) is 0 Å². The fraction of sp³-hybridized carbons (Fsp3) is 1.00. The zero-order valence-electron chi connectivity index (χ0n) is 16.5. The second kappa shape index (κ2) is 19.4. The van der Waals surface area contributed by atoms with E-state index in [1.807, 2.05) is 0 Å². The molecule has 0 rings (SSSR count). The van der Waals surface area contributed by atoms with Gasteiger partial charge in [-0.1, -0.05) is 0 Å². The molecule has 0 aliphatic carbocycles. The summed E-state index contributed by atoms with van der Waals surface area (Å²) in [6.45, 7) is 18.3. The molecule has 0 fully saturated rings. The van der Waals surface area contributed by atoms with Crippen LogP contribution >= 0.6 is 0 Å². The molecule has 0 spiro atoms. The molecule has 0 aromatic rings. The molecule has 22 heavy (non-hydrogen) atoms. The van der Waals surface area contributed by atoms with E-state index in [2.05, 4.69) is 55.4 Å². The maximum absolute atomic E-state index is 6.18. The van der Waals surface area contributed by atoms with Gasteiger partial charge in [-0.25, -0.2) is 0 Å². The van der Waals surface area contributed by atoms with Crippen LogP contribution in [0.3, 0.4) is 0 Å². The van der Waals surface area contributed by atoms with Crippen molar-refractivity contribution in [2.75, 3.05) is 0 Å². The SMILES string of the molecule is C[CH2][Ge]([CH2]C)[O][Ge]([CH2]C)[CH2]C.C[CH2][Ge]([CH2]C)[O][Ge]([CH2]C)[CH2]C. The first-order valence-electron chi connectivity index (χ1n) is 9.30. The molecule has 0 atom stereocenters. The fourth-order valence-corrected chi connectivity index (χ4v) is 31.8. The van der Waals surface area contributed by atoms with Crippen LogP contribution in [0.25, 0.3) is 0 Å². The monoisotopic (exact) mass is 560 g/mol. The van der Waals surface area contributed by atoms with Gasteiger partial charge < -0.3 is 0 Å². The summed E-state index contributed by atoms with van der Waals surface area (Å²) >= 11 is -3.86. The van der Waals surface area contributed by atoms with Crippen molar-refractivity contribution in [3.05, 3.63) is 0 Å². The molecule has 0 N–H and O–H groups in total. The molecule has 0 heterocycles. The predicted molar refractivity (Wildman–Crippen MR) is 109 cm³/mol. The molecule has 0 aliphatic heterocycles. The summed E-state index contributed by atoms with van der Waals surface area (Å²) < 4.78 is 12.4. The quantitative estimate of drug-likeness (QED) is 0.270. The Balaban J connectivity index is 0. The van der Waals surface area contributed by atoms with Crippen LogP contribution in [0.2, 0.25) is 42.0 Å². The summed E-state index contributed by atoms with van der Waals surface area (Å²) in [4.78, 5) is 0. The second-order valence-corrected chi connectivity index (χ2v) is 31.4. The van der Waals surface area contributed by atoms with Crippen LogP contribution in [0.1, 0.15) is 55.4 Å². The Morgan fingerprint density at radius 2 is 0.500 bits per heavy atom. The van der Waals surface area contributed by atoms with Gasteiger partial charge in [0.1, 0.15) is 0 Å². The minimum atomic E-state index is -0.965. The van der Waals surface area contributed by atoms with Crippen molar-refractivity contribution >= 4 is 58.7 Å². The summed E-state index contributed by atoms with van der Waals surface area (Å²) in [5.41, 5.74) is 0. The summed E-state index contributed by atoms with van der Waals surface area (Å²) in [5.74, 6) is 0. The predicted octanol–water partition coefficient (Wildman–Crippen LogP) is 6.13. The Morgan fingerprint density at radius 3 is 0.591 bits per heavy atom. The fourth-order valence-electron chi connectivity index (χ4n) is 1.99. The molecular formula is C16H40Ge4O2. The molecular weight excluding hydrogens is 515 g/mol. The van der Waals surface area contributed by atoms with Crippen LogP contribution in [0, 0.1) is 0 Å². The second-order valence-electron chi connectivity index (χ2n) is 5.19. The van der Waals surface area contributed by atoms with Gasteiger partial charge in [-0.2, -0.15) is 0 Å². The van der Waals surface area contributed by atoms with E-state index in [9.17, 15) is 0 Å². The molecule has 0 amide bonds. The zero-order valence-corrected chi connectivity index (χ0v) is 24.9. The first-order valence-corrected chi connectivity index (χ1v) is 24.6. The first kappa shape index (κ1) is 26.3. The Morgan fingerprint density at radius 1 is 0.364 bits per heavy atom. The van der Waals surface area contributed by atoms with Gasteiger partial charge in [0, 0.05) is 0 Å². The van der Waals surface area contributed by atoms with E-state index < -0.39 is 58.7 Å². The summed E-state index contributed by atoms with van der Waals surface area (Å²) in [5, 5.41) is 10.8. The Kier molecular flexibility index (Phi) is 23.2. The third kappa shape index (κ3) is 14.4. The average Bonchev–Trinajstić information content (AvgIpc) is 2.58. The Bertz CT molecular complexity index is 162. The van der Waals surface area contributed by atoms with Crippen molar-refractivity contribution in [3.63, 3.8) is 0 Å². The molecule has 0 unspecified atom stereocenters. The molecule has 6 heteroatoms. The number of hydrogen-bond donors (Lipinski definition) is 0. The molecule has 132 valence electrons. The molecule has 0 aliphatic rings. The van der Waals surface area contributed by atoms with E-state index >= 15 is 0 Å². The van der Waals surface area contributed by atoms with Crippen LogP contribution in [-0.4, -0.2) is 58.7 Å². The van der Waals surface area contributed by atoms with Crippen LogP contribution in [0.4, 0.5) is 0 Å². The van der Waals surface area contributed by atoms with Gasteiger partial charge in [0.25, 0.3) is 0 Å². The van der Waals surface area contributed by atoms with Gasteiger partial charge in [0.2, 0.25) is 0 Å². The van der Waals surface area contributed by atoms with E-state index in [0.717, 1.165) is 0 Å². The molecule has 0 bridgehead atoms. The van der Waals surface area contributed by atoms with Gasteiger partial charge in [0.05, 0.1) is 0 Å². The van der Waals surface area contributed by atoms with Crippen molar-refractivity contribution in [2.45, 2.75) is 97.4 Å². The summed E-state index contributed by atoms with van der Waals surface area (Å²) in [6, 6.07) is 0. The van der Waals surface area contributed by atoms with E-state index in [-0.39, 0.29) is 0 Å². The maximum atomic E-state index is 6.18. The molecule has 0 saturated heterocycles. The zero-order chi connectivity index (χ0) is 17.4. The normalized spacial score (nSPS) is 11.5. The van der Waals surface area contributed by atoms with Gasteiger partial charge in [0.15, 0.2) is 0 Å². The summed E-state index contributed by atoms with van der Waals surface area (Å²) in [6.07, 6.45) is 0. The molecule has 4 radical (unpaired) electrons. The van der Waals surface area contributed by atoms with Crippen molar-refractivity contribution in [1.29, 1.82) is 0 Å². The van der Waals surface area contributed by atoms with E-state index in [1.54, 1.807) is 0 Å². The van der Waals surface area contributed by atoms with Crippen LogP contribution in [0.5, 0.6) is 0 Å². The van der Waals surface area contributed by atoms with Crippen molar-refractivity contribution in [1.82, 2.24) is 0 Å². The third-order valence-corrected chi connectivity index (χ3v) is 32.0. The first-order chi connectivity index (χ1) is 10.6. The van der Waals surface area contributed by atoms with Gasteiger partial charge in [-0.05, 0) is 0 Å². The van der Waals surface area contributed by atoms with Gasteiger partial charge in [-0.3, -0.25) is 0 Å². The molecule has 0 aromatic carbocycles. The molecule has 2 nitrogen and oxygen atoms in total. The van der Waals surface area contributed by atoms with E-state index in [1.165, 1.54) is 42.0 Å². The van der Waals surface area contributed by atoms with Crippen molar-refractivity contribution in [2.24, 2.45) is 0 Å². The topological polar surface area (TPSA) is 18.5 Å².